The van der Waals surface area contributed by atoms with Crippen LogP contribution in [0.1, 0.15) is 6.92 Å². The number of fused-ring (bicyclic) bond motifs is 1. The number of azo groups is 1. The Morgan fingerprint density at radius 3 is 2.21 bits per heavy atom. The molecule has 12 nitrogen and oxygen atoms in total. The van der Waals surface area contributed by atoms with Crippen LogP contribution in [0, 0.1) is 0 Å². The number of amides is 1. The summed E-state index contributed by atoms with van der Waals surface area (Å²) in [6.45, 7) is 1.26. The summed E-state index contributed by atoms with van der Waals surface area (Å²) in [6, 6.07) is 8.43. The van der Waals surface area contributed by atoms with Gasteiger partial charge >= 0.3 is 0 Å². The van der Waals surface area contributed by atoms with Crippen molar-refractivity contribution in [3.05, 3.63) is 42.5 Å². The minimum absolute atomic E-state index is 0.0906. The Hall–Kier alpha value is -3.59. The molecule has 0 saturated heterocycles. The van der Waals surface area contributed by atoms with E-state index in [9.17, 15) is 30.7 Å². The second-order valence-corrected chi connectivity index (χ2v) is 9.52. The van der Waals surface area contributed by atoms with Crippen molar-refractivity contribution < 1.29 is 35.5 Å². The first-order valence-corrected chi connectivity index (χ1v) is 11.9. The molecule has 3 aromatic rings. The molecule has 0 aliphatic carbocycles. The van der Waals surface area contributed by atoms with E-state index in [0.717, 1.165) is 12.1 Å². The lowest BCUT2D eigenvalue weighted by Gasteiger charge is -2.11. The van der Waals surface area contributed by atoms with Crippen molar-refractivity contribution in [2.75, 3.05) is 18.2 Å². The average Bonchev–Trinajstić information content (AvgIpc) is 2.70. The minimum atomic E-state index is -4.81. The molecule has 3 rings (SSSR count). The highest BCUT2D eigenvalue weighted by molar-refractivity contribution is 7.86. The summed E-state index contributed by atoms with van der Waals surface area (Å²) in [7, 11) is -8.18. The molecule has 0 unspecified atom stereocenters. The zero-order valence-corrected chi connectivity index (χ0v) is 18.8. The van der Waals surface area contributed by atoms with Gasteiger partial charge in [0.15, 0.2) is 0 Å². The maximum absolute atomic E-state index is 11.9. The second kappa shape index (κ2) is 8.74. The molecule has 14 heteroatoms. The first kappa shape index (κ1) is 24.1. The molecule has 33 heavy (non-hydrogen) atoms. The average molecular weight is 495 g/mol. The van der Waals surface area contributed by atoms with Crippen LogP contribution in [0.25, 0.3) is 10.8 Å². The molecule has 1 amide bonds. The first-order chi connectivity index (χ1) is 15.3. The predicted molar refractivity (Wildman–Crippen MR) is 119 cm³/mol. The predicted octanol–water partition coefficient (Wildman–Crippen LogP) is 3.30. The zero-order chi connectivity index (χ0) is 24.6. The number of carbonyl (C=O) groups is 1. The van der Waals surface area contributed by atoms with Crippen LogP contribution in [-0.4, -0.2) is 39.0 Å². The number of rotatable bonds is 6. The van der Waals surface area contributed by atoms with Gasteiger partial charge in [-0.15, -0.1) is 5.11 Å². The summed E-state index contributed by atoms with van der Waals surface area (Å²) in [5, 5.41) is 10.1. The first-order valence-electron chi connectivity index (χ1n) is 9.00. The van der Waals surface area contributed by atoms with Gasteiger partial charge in [0.1, 0.15) is 21.2 Å². The van der Waals surface area contributed by atoms with E-state index in [0.29, 0.717) is 0 Å². The number of nitrogens with two attached hydrogens (primary N) is 1. The number of nitrogen functional groups attached to an aromatic ring is 1. The van der Waals surface area contributed by atoms with E-state index in [1.54, 1.807) is 0 Å². The van der Waals surface area contributed by atoms with Crippen LogP contribution >= 0.6 is 0 Å². The standard InChI is InChI=1S/C19H18N4O8S2/c1-10(24)21-15-8-14(20)17(31-2)9-16(15)23-22-11-6-13-12(19(7-11)33(28,29)30)4-3-5-18(13)32(25,26)27/h3-9H,20H2,1-2H3,(H,21,24)(H,25,26,27)(H,28,29,30)/b23-22+. The highest BCUT2D eigenvalue weighted by Crippen LogP contribution is 2.37. The lowest BCUT2D eigenvalue weighted by atomic mass is 10.1. The number of nitrogens with one attached hydrogen (secondary N) is 1. The molecule has 0 aromatic heterocycles. The molecule has 0 spiro atoms. The van der Waals surface area contributed by atoms with E-state index in [1.807, 2.05) is 0 Å². The number of nitrogens with zero attached hydrogens (tertiary/aromatic N) is 2. The monoisotopic (exact) mass is 494 g/mol. The van der Waals surface area contributed by atoms with Gasteiger partial charge in [-0.3, -0.25) is 13.9 Å². The molecular formula is C19H18N4O8S2. The third-order valence-corrected chi connectivity index (χ3v) is 6.20. The van der Waals surface area contributed by atoms with Gasteiger partial charge in [0.2, 0.25) is 5.91 Å². The van der Waals surface area contributed by atoms with Gasteiger partial charge in [-0.2, -0.15) is 21.9 Å². The molecule has 0 bridgehead atoms. The lowest BCUT2D eigenvalue weighted by molar-refractivity contribution is -0.114. The summed E-state index contributed by atoms with van der Waals surface area (Å²) in [6.07, 6.45) is 0. The Morgan fingerprint density at radius 1 is 0.970 bits per heavy atom. The topological polar surface area (TPSA) is 198 Å². The van der Waals surface area contributed by atoms with Crippen LogP contribution in [0.5, 0.6) is 5.75 Å². The van der Waals surface area contributed by atoms with Crippen LogP contribution in [0.15, 0.2) is 62.5 Å². The summed E-state index contributed by atoms with van der Waals surface area (Å²) >= 11 is 0. The smallest absolute Gasteiger partial charge is 0.295 e. The molecule has 0 atom stereocenters. The highest BCUT2D eigenvalue weighted by atomic mass is 32.2. The van der Waals surface area contributed by atoms with Crippen molar-refractivity contribution in [3.8, 4) is 5.75 Å². The molecule has 0 aliphatic heterocycles. The number of anilines is 2. The molecule has 0 aliphatic rings. The van der Waals surface area contributed by atoms with Crippen molar-refractivity contribution in [3.63, 3.8) is 0 Å². The van der Waals surface area contributed by atoms with Gasteiger partial charge in [-0.1, -0.05) is 12.1 Å². The lowest BCUT2D eigenvalue weighted by Crippen LogP contribution is -2.06. The fourth-order valence-electron chi connectivity index (χ4n) is 3.05. The summed E-state index contributed by atoms with van der Waals surface area (Å²) in [5.41, 5.74) is 6.15. The van der Waals surface area contributed by atoms with E-state index < -0.39 is 35.9 Å². The Morgan fingerprint density at radius 2 is 1.64 bits per heavy atom. The van der Waals surface area contributed by atoms with Crippen LogP contribution < -0.4 is 15.8 Å². The Bertz CT molecular complexity index is 1520. The van der Waals surface area contributed by atoms with Gasteiger partial charge in [0, 0.05) is 23.8 Å². The molecule has 0 fully saturated rings. The van der Waals surface area contributed by atoms with E-state index >= 15 is 0 Å². The SMILES string of the molecule is COc1cc(/N=N/c2cc(S(=O)(=O)O)c3cccc(S(=O)(=O)O)c3c2)c(NC(C)=O)cc1N. The number of carbonyl (C=O) groups excluding carboxylic acids is 1. The largest absolute Gasteiger partial charge is 0.495 e. The Balaban J connectivity index is 2.26. The van der Waals surface area contributed by atoms with E-state index in [2.05, 4.69) is 15.5 Å². The molecular weight excluding hydrogens is 476 g/mol. The molecule has 3 aromatic carbocycles. The molecule has 0 heterocycles. The molecule has 0 radical (unpaired) electrons. The van der Waals surface area contributed by atoms with E-state index in [-0.39, 0.29) is 39.3 Å². The highest BCUT2D eigenvalue weighted by Gasteiger charge is 2.21. The zero-order valence-electron chi connectivity index (χ0n) is 17.2. The third-order valence-electron chi connectivity index (χ3n) is 4.39. The fourth-order valence-corrected chi connectivity index (χ4v) is 4.48. The van der Waals surface area contributed by atoms with Gasteiger partial charge in [0.05, 0.1) is 24.2 Å². The minimum Gasteiger partial charge on any atom is -0.495 e. The van der Waals surface area contributed by atoms with Crippen LogP contribution in [0.3, 0.4) is 0 Å². The normalized spacial score (nSPS) is 12.2. The van der Waals surface area contributed by atoms with Crippen molar-refractivity contribution in [2.24, 2.45) is 10.2 Å². The van der Waals surface area contributed by atoms with Crippen molar-refractivity contribution >= 4 is 59.7 Å². The molecule has 174 valence electrons. The molecule has 5 N–H and O–H groups in total. The maximum Gasteiger partial charge on any atom is 0.295 e. The van der Waals surface area contributed by atoms with Crippen molar-refractivity contribution in [1.29, 1.82) is 0 Å². The van der Waals surface area contributed by atoms with Gasteiger partial charge < -0.3 is 15.8 Å². The fraction of sp³-hybridized carbons (Fsp3) is 0.105. The number of methoxy groups -OCH3 is 1. The second-order valence-electron chi connectivity index (χ2n) is 6.74. The Kier molecular flexibility index (Phi) is 6.37. The van der Waals surface area contributed by atoms with Gasteiger partial charge in [-0.05, 0) is 24.3 Å². The van der Waals surface area contributed by atoms with Gasteiger partial charge in [0.25, 0.3) is 20.2 Å². The summed E-state index contributed by atoms with van der Waals surface area (Å²) < 4.78 is 71.7. The summed E-state index contributed by atoms with van der Waals surface area (Å²) in [5.74, 6) is -0.197. The van der Waals surface area contributed by atoms with Crippen LogP contribution in [0.2, 0.25) is 0 Å². The maximum atomic E-state index is 11.9. The van der Waals surface area contributed by atoms with Crippen LogP contribution in [0.4, 0.5) is 22.7 Å². The summed E-state index contributed by atoms with van der Waals surface area (Å²) in [4.78, 5) is 10.3. The third kappa shape index (κ3) is 5.25. The number of benzene rings is 3. The van der Waals surface area contributed by atoms with E-state index in [1.165, 1.54) is 44.4 Å². The molecule has 0 saturated carbocycles. The Labute approximate surface area is 188 Å². The number of hydrogen-bond acceptors (Lipinski definition) is 9. The van der Waals surface area contributed by atoms with E-state index in [4.69, 9.17) is 10.5 Å². The van der Waals surface area contributed by atoms with Crippen LogP contribution in [-0.2, 0) is 25.0 Å². The van der Waals surface area contributed by atoms with Gasteiger partial charge in [-0.25, -0.2) is 0 Å². The number of ether oxygens (including phenoxy) is 1. The number of hydrogen-bond donors (Lipinski definition) is 4. The van der Waals surface area contributed by atoms with Crippen molar-refractivity contribution in [1.82, 2.24) is 0 Å². The van der Waals surface area contributed by atoms with Crippen molar-refractivity contribution in [2.45, 2.75) is 16.7 Å². The quantitative estimate of drug-likeness (QED) is 0.225.